The molecule has 3 rings (SSSR count). The lowest BCUT2D eigenvalue weighted by atomic mass is 10.0. The Morgan fingerprint density at radius 2 is 1.96 bits per heavy atom. The Labute approximate surface area is 162 Å². The molecular formula is C21H31ClN4. The molecule has 1 atom stereocenters. The fourth-order valence-corrected chi connectivity index (χ4v) is 3.30. The Bertz CT molecular complexity index is 741. The van der Waals surface area contributed by atoms with E-state index in [1.54, 1.807) is 6.20 Å². The van der Waals surface area contributed by atoms with E-state index in [-0.39, 0.29) is 0 Å². The number of imidazole rings is 1. The summed E-state index contributed by atoms with van der Waals surface area (Å²) in [5.41, 5.74) is 4.21. The normalized spacial score (nSPS) is 17.3. The van der Waals surface area contributed by atoms with Gasteiger partial charge in [-0.25, -0.2) is 4.98 Å². The van der Waals surface area contributed by atoms with Crippen LogP contribution < -0.4 is 10.6 Å². The van der Waals surface area contributed by atoms with E-state index in [0.29, 0.717) is 11.5 Å². The number of aromatic nitrogens is 2. The lowest BCUT2D eigenvalue weighted by Crippen LogP contribution is -2.25. The number of aromatic amines is 1. The van der Waals surface area contributed by atoms with E-state index in [2.05, 4.69) is 73.9 Å². The third kappa shape index (κ3) is 6.10. The second-order valence-electron chi connectivity index (χ2n) is 8.12. The highest BCUT2D eigenvalue weighted by atomic mass is 35.5. The van der Waals surface area contributed by atoms with Gasteiger partial charge in [0.05, 0.1) is 5.82 Å². The zero-order valence-corrected chi connectivity index (χ0v) is 17.5. The summed E-state index contributed by atoms with van der Waals surface area (Å²) in [7, 11) is 0. The molecule has 3 N–H and O–H groups in total. The lowest BCUT2D eigenvalue weighted by molar-refractivity contribution is 0.621. The molecule has 0 amide bonds. The van der Waals surface area contributed by atoms with Crippen LogP contribution in [0.15, 0.2) is 36.8 Å². The van der Waals surface area contributed by atoms with Gasteiger partial charge in [-0.05, 0) is 68.7 Å². The Morgan fingerprint density at radius 1 is 1.31 bits per heavy atom. The van der Waals surface area contributed by atoms with Gasteiger partial charge in [-0.15, -0.1) is 0 Å². The molecule has 0 radical (unpaired) electrons. The summed E-state index contributed by atoms with van der Waals surface area (Å²) in [6, 6.07) is 6.75. The predicted molar refractivity (Wildman–Crippen MR) is 112 cm³/mol. The summed E-state index contributed by atoms with van der Waals surface area (Å²) < 4.78 is 0. The van der Waals surface area contributed by atoms with Gasteiger partial charge in [0, 0.05) is 23.0 Å². The molecule has 1 aromatic heterocycles. The molecule has 26 heavy (non-hydrogen) atoms. The maximum Gasteiger partial charge on any atom is 0.205 e. The van der Waals surface area contributed by atoms with E-state index in [1.165, 1.54) is 17.5 Å². The van der Waals surface area contributed by atoms with Crippen molar-refractivity contribution in [3.05, 3.63) is 58.6 Å². The Morgan fingerprint density at radius 3 is 2.42 bits per heavy atom. The molecule has 142 valence electrons. The Balaban J connectivity index is 0.000000187. The van der Waals surface area contributed by atoms with Crippen LogP contribution in [0, 0.1) is 19.3 Å². The molecule has 4 nitrogen and oxygen atoms in total. The highest BCUT2D eigenvalue weighted by Gasteiger charge is 2.46. The van der Waals surface area contributed by atoms with E-state index >= 15 is 0 Å². The van der Waals surface area contributed by atoms with E-state index in [4.69, 9.17) is 11.6 Å². The van der Waals surface area contributed by atoms with Crippen LogP contribution in [0.5, 0.6) is 0 Å². The van der Waals surface area contributed by atoms with Crippen LogP contribution in [0.2, 0.25) is 5.02 Å². The molecule has 0 spiro atoms. The topological polar surface area (TPSA) is 52.7 Å². The summed E-state index contributed by atoms with van der Waals surface area (Å²) in [5, 5.41) is 7.03. The third-order valence-electron chi connectivity index (χ3n) is 4.42. The zero-order chi connectivity index (χ0) is 19.5. The van der Waals surface area contributed by atoms with Gasteiger partial charge in [-0.1, -0.05) is 38.1 Å². The van der Waals surface area contributed by atoms with Gasteiger partial charge < -0.3 is 15.6 Å². The number of halogens is 1. The average Bonchev–Trinajstić information content (AvgIpc) is 2.93. The summed E-state index contributed by atoms with van der Waals surface area (Å²) in [5.74, 6) is 2.20. The first-order chi connectivity index (χ1) is 12.1. The summed E-state index contributed by atoms with van der Waals surface area (Å²) >= 11 is 6.02. The average molecular weight is 375 g/mol. The molecule has 1 aliphatic rings. The minimum Gasteiger partial charge on any atom is -0.370 e. The molecule has 1 aliphatic carbocycles. The fourth-order valence-electron chi connectivity index (χ4n) is 3.01. The van der Waals surface area contributed by atoms with Crippen molar-refractivity contribution in [2.24, 2.45) is 5.41 Å². The van der Waals surface area contributed by atoms with Gasteiger partial charge >= 0.3 is 0 Å². The molecule has 0 aliphatic heterocycles. The first-order valence-corrected chi connectivity index (χ1v) is 9.46. The van der Waals surface area contributed by atoms with Gasteiger partial charge in [0.25, 0.3) is 0 Å². The molecule has 0 unspecified atom stereocenters. The van der Waals surface area contributed by atoms with Gasteiger partial charge in [0.1, 0.15) is 0 Å². The standard InChI is InChI=1S/C12H15Cl.C9H16N4/c1-8-4-9(6-10(13)5-8)11-7-12(11,2)3;1-6(2)11-8(4)13-9-10-5-7(3)12-9/h4-6,11H,7H2,1-3H3;5-6,11H,4H2,1-3H3,(H2,10,12,13)/t11-;/m0./s1. The number of anilines is 1. The number of rotatable bonds is 5. The van der Waals surface area contributed by atoms with Crippen LogP contribution in [0.25, 0.3) is 0 Å². The van der Waals surface area contributed by atoms with Gasteiger partial charge in [0.15, 0.2) is 0 Å². The molecule has 1 heterocycles. The van der Waals surface area contributed by atoms with Crippen molar-refractivity contribution in [2.75, 3.05) is 5.32 Å². The number of H-pyrrole nitrogens is 1. The second kappa shape index (κ2) is 8.17. The molecular weight excluding hydrogens is 344 g/mol. The number of aryl methyl sites for hydroxylation is 2. The number of nitrogens with zero attached hydrogens (tertiary/aromatic N) is 1. The van der Waals surface area contributed by atoms with Crippen molar-refractivity contribution in [3.8, 4) is 0 Å². The summed E-state index contributed by atoms with van der Waals surface area (Å²) in [4.78, 5) is 7.15. The first-order valence-electron chi connectivity index (χ1n) is 9.08. The number of hydrogen-bond donors (Lipinski definition) is 3. The predicted octanol–water partition coefficient (Wildman–Crippen LogP) is 5.76. The Kier molecular flexibility index (Phi) is 6.40. The smallest absolute Gasteiger partial charge is 0.205 e. The van der Waals surface area contributed by atoms with E-state index in [0.717, 1.165) is 28.4 Å². The Hall–Kier alpha value is -1.94. The van der Waals surface area contributed by atoms with Crippen LogP contribution in [0.4, 0.5) is 5.95 Å². The fraction of sp³-hybridized carbons (Fsp3) is 0.476. The largest absolute Gasteiger partial charge is 0.370 e. The summed E-state index contributed by atoms with van der Waals surface area (Å²) in [6.45, 7) is 16.6. The molecule has 1 saturated carbocycles. The quantitative estimate of drug-likeness (QED) is 0.623. The minimum atomic E-state index is 0.371. The van der Waals surface area contributed by atoms with Gasteiger partial charge in [0.2, 0.25) is 5.95 Å². The highest BCUT2D eigenvalue weighted by Crippen LogP contribution is 2.58. The number of nitrogens with one attached hydrogen (secondary N) is 3. The highest BCUT2D eigenvalue weighted by molar-refractivity contribution is 6.30. The van der Waals surface area contributed by atoms with Gasteiger partial charge in [-0.3, -0.25) is 0 Å². The maximum atomic E-state index is 6.02. The van der Waals surface area contributed by atoms with E-state index in [1.807, 2.05) is 13.0 Å². The van der Waals surface area contributed by atoms with Crippen LogP contribution >= 0.6 is 11.6 Å². The van der Waals surface area contributed by atoms with Crippen molar-refractivity contribution >= 4 is 17.5 Å². The second-order valence-corrected chi connectivity index (χ2v) is 8.56. The van der Waals surface area contributed by atoms with Crippen LogP contribution in [-0.4, -0.2) is 16.0 Å². The monoisotopic (exact) mass is 374 g/mol. The van der Waals surface area contributed by atoms with Crippen molar-refractivity contribution in [1.82, 2.24) is 15.3 Å². The minimum absolute atomic E-state index is 0.371. The van der Waals surface area contributed by atoms with Crippen molar-refractivity contribution < 1.29 is 0 Å². The molecule has 1 aromatic carbocycles. The van der Waals surface area contributed by atoms with Crippen LogP contribution in [0.3, 0.4) is 0 Å². The van der Waals surface area contributed by atoms with E-state index < -0.39 is 0 Å². The molecule has 5 heteroatoms. The maximum absolute atomic E-state index is 6.02. The lowest BCUT2D eigenvalue weighted by Gasteiger charge is -2.12. The first kappa shape index (κ1) is 20.4. The van der Waals surface area contributed by atoms with Gasteiger partial charge in [-0.2, -0.15) is 0 Å². The third-order valence-corrected chi connectivity index (χ3v) is 4.63. The molecule has 1 fully saturated rings. The van der Waals surface area contributed by atoms with Crippen molar-refractivity contribution in [2.45, 2.75) is 59.9 Å². The van der Waals surface area contributed by atoms with Crippen LogP contribution in [0.1, 0.15) is 56.9 Å². The molecule has 2 aromatic rings. The zero-order valence-electron chi connectivity index (χ0n) is 16.7. The van der Waals surface area contributed by atoms with Crippen LogP contribution in [-0.2, 0) is 0 Å². The molecule has 0 saturated heterocycles. The van der Waals surface area contributed by atoms with E-state index in [9.17, 15) is 0 Å². The number of hydrogen-bond acceptors (Lipinski definition) is 3. The SMILES string of the molecule is C=C(Nc1ncc(C)[nH]1)NC(C)C.Cc1cc(Cl)cc([C@@H]2CC2(C)C)c1. The van der Waals surface area contributed by atoms with Crippen molar-refractivity contribution in [3.63, 3.8) is 0 Å². The molecule has 0 bridgehead atoms. The van der Waals surface area contributed by atoms with Crippen molar-refractivity contribution in [1.29, 1.82) is 0 Å². The summed E-state index contributed by atoms with van der Waals surface area (Å²) in [6.07, 6.45) is 3.07. The number of benzene rings is 1.